The summed E-state index contributed by atoms with van der Waals surface area (Å²) in [4.78, 5) is 60.3. The number of piperidine rings is 3. The van der Waals surface area contributed by atoms with Gasteiger partial charge in [0.15, 0.2) is 0 Å². The summed E-state index contributed by atoms with van der Waals surface area (Å²) in [5, 5.41) is 2.33. The lowest BCUT2D eigenvalue weighted by atomic mass is 9.78. The fourth-order valence-corrected chi connectivity index (χ4v) is 6.78. The second-order valence-electron chi connectivity index (χ2n) is 11.4. The average molecular weight is 548 g/mol. The summed E-state index contributed by atoms with van der Waals surface area (Å²) in [6.45, 7) is 5.09. The van der Waals surface area contributed by atoms with Gasteiger partial charge in [-0.25, -0.2) is 9.37 Å². The van der Waals surface area contributed by atoms with Gasteiger partial charge >= 0.3 is 0 Å². The summed E-state index contributed by atoms with van der Waals surface area (Å²) in [6, 6.07) is 7.75. The first-order valence-electron chi connectivity index (χ1n) is 14.2. The second kappa shape index (κ2) is 10.6. The van der Waals surface area contributed by atoms with E-state index in [-0.39, 0.29) is 36.5 Å². The van der Waals surface area contributed by atoms with Crippen molar-refractivity contribution in [3.63, 3.8) is 0 Å². The maximum atomic E-state index is 13.9. The number of rotatable bonds is 4. The highest BCUT2D eigenvalue weighted by Crippen LogP contribution is 2.35. The molecule has 0 bridgehead atoms. The average Bonchev–Trinajstić information content (AvgIpc) is 3.29. The number of likely N-dealkylation sites (tertiary alicyclic amines) is 1. The quantitative estimate of drug-likeness (QED) is 0.591. The predicted octanol–water partition coefficient (Wildman–Crippen LogP) is 3.06. The minimum atomic E-state index is -0.641. The molecule has 1 atom stereocenters. The molecule has 0 aliphatic carbocycles. The van der Waals surface area contributed by atoms with Gasteiger partial charge in [-0.05, 0) is 80.7 Å². The number of hydrogen-bond donors (Lipinski definition) is 1. The van der Waals surface area contributed by atoms with E-state index in [1.54, 1.807) is 19.1 Å². The van der Waals surface area contributed by atoms with E-state index in [2.05, 4.69) is 10.2 Å². The van der Waals surface area contributed by atoms with Gasteiger partial charge in [0.1, 0.15) is 17.7 Å². The van der Waals surface area contributed by atoms with Gasteiger partial charge in [0, 0.05) is 38.2 Å². The number of fused-ring (bicyclic) bond motifs is 1. The van der Waals surface area contributed by atoms with E-state index in [1.807, 2.05) is 17.0 Å². The topological polar surface area (TPSA) is 103 Å². The summed E-state index contributed by atoms with van der Waals surface area (Å²) >= 11 is 0. The SMILES string of the molecule is Cc1c(F)cccc1C(=O)N1CCC(C2CCN(c3ccc4c(n3)CN(C3CCC(=O)NC3=O)C4=O)CC2)CC1. The molecule has 0 spiro atoms. The minimum absolute atomic E-state index is 0.0809. The van der Waals surface area contributed by atoms with Crippen LogP contribution in [0.5, 0.6) is 0 Å². The fourth-order valence-electron chi connectivity index (χ4n) is 6.78. The van der Waals surface area contributed by atoms with E-state index < -0.39 is 11.9 Å². The van der Waals surface area contributed by atoms with Crippen LogP contribution in [0.2, 0.25) is 0 Å². The number of imide groups is 1. The molecule has 2 aromatic rings. The van der Waals surface area contributed by atoms with E-state index in [0.29, 0.717) is 53.7 Å². The molecule has 4 amide bonds. The fraction of sp³-hybridized carbons (Fsp3) is 0.500. The number of amides is 4. The van der Waals surface area contributed by atoms with Crippen molar-refractivity contribution in [2.24, 2.45) is 11.8 Å². The Labute approximate surface area is 232 Å². The Bertz CT molecular complexity index is 1360. The van der Waals surface area contributed by atoms with E-state index in [1.165, 1.54) is 11.0 Å². The van der Waals surface area contributed by atoms with Gasteiger partial charge in [-0.15, -0.1) is 0 Å². The molecule has 1 aromatic carbocycles. The molecule has 1 aromatic heterocycles. The zero-order valence-electron chi connectivity index (χ0n) is 22.7. The van der Waals surface area contributed by atoms with Crippen molar-refractivity contribution in [2.45, 2.75) is 58.0 Å². The molecule has 6 rings (SSSR count). The van der Waals surface area contributed by atoms with Crippen molar-refractivity contribution in [3.05, 3.63) is 58.5 Å². The molecule has 1 unspecified atom stereocenters. The molecule has 210 valence electrons. The van der Waals surface area contributed by atoms with Gasteiger partial charge in [-0.2, -0.15) is 0 Å². The van der Waals surface area contributed by atoms with Crippen LogP contribution in [-0.2, 0) is 16.1 Å². The number of anilines is 1. The summed E-state index contributed by atoms with van der Waals surface area (Å²) in [5.41, 5.74) is 2.07. The lowest BCUT2D eigenvalue weighted by Gasteiger charge is -2.40. The normalized spacial score (nSPS) is 22.5. The van der Waals surface area contributed by atoms with Crippen LogP contribution in [0.15, 0.2) is 30.3 Å². The summed E-state index contributed by atoms with van der Waals surface area (Å²) in [6.07, 6.45) is 4.57. The van der Waals surface area contributed by atoms with Gasteiger partial charge in [-0.3, -0.25) is 24.5 Å². The molecule has 3 fully saturated rings. The molecule has 1 N–H and O–H groups in total. The highest BCUT2D eigenvalue weighted by molar-refractivity contribution is 6.05. The van der Waals surface area contributed by atoms with Crippen LogP contribution >= 0.6 is 0 Å². The first-order chi connectivity index (χ1) is 19.3. The zero-order valence-corrected chi connectivity index (χ0v) is 22.7. The highest BCUT2D eigenvalue weighted by Gasteiger charge is 2.40. The van der Waals surface area contributed by atoms with Crippen molar-refractivity contribution in [1.82, 2.24) is 20.1 Å². The maximum Gasteiger partial charge on any atom is 0.256 e. The number of benzene rings is 1. The molecule has 40 heavy (non-hydrogen) atoms. The van der Waals surface area contributed by atoms with Gasteiger partial charge < -0.3 is 14.7 Å². The van der Waals surface area contributed by atoms with Crippen molar-refractivity contribution in [1.29, 1.82) is 0 Å². The van der Waals surface area contributed by atoms with E-state index >= 15 is 0 Å². The summed E-state index contributed by atoms with van der Waals surface area (Å²) < 4.78 is 13.9. The Kier molecular flexibility index (Phi) is 7.02. The Balaban J connectivity index is 1.03. The van der Waals surface area contributed by atoms with Crippen molar-refractivity contribution in [2.75, 3.05) is 31.1 Å². The van der Waals surface area contributed by atoms with Crippen LogP contribution in [0.3, 0.4) is 0 Å². The van der Waals surface area contributed by atoms with E-state index in [0.717, 1.165) is 44.6 Å². The third-order valence-corrected chi connectivity index (χ3v) is 9.21. The minimum Gasteiger partial charge on any atom is -0.357 e. The van der Waals surface area contributed by atoms with Crippen molar-refractivity contribution < 1.29 is 23.6 Å². The van der Waals surface area contributed by atoms with Crippen molar-refractivity contribution >= 4 is 29.4 Å². The van der Waals surface area contributed by atoms with Gasteiger partial charge in [0.25, 0.3) is 11.8 Å². The number of carbonyl (C=O) groups excluding carboxylic acids is 4. The number of carbonyl (C=O) groups is 4. The Morgan fingerprint density at radius 3 is 2.35 bits per heavy atom. The van der Waals surface area contributed by atoms with Crippen LogP contribution in [0.25, 0.3) is 0 Å². The van der Waals surface area contributed by atoms with Crippen molar-refractivity contribution in [3.8, 4) is 0 Å². The molecule has 9 nitrogen and oxygen atoms in total. The third-order valence-electron chi connectivity index (χ3n) is 9.21. The molecule has 5 heterocycles. The second-order valence-corrected chi connectivity index (χ2v) is 11.4. The largest absolute Gasteiger partial charge is 0.357 e. The molecule has 3 saturated heterocycles. The number of halogens is 1. The number of hydrogen-bond acceptors (Lipinski definition) is 6. The Morgan fingerprint density at radius 2 is 1.65 bits per heavy atom. The number of pyridine rings is 1. The van der Waals surface area contributed by atoms with Gasteiger partial charge in [-0.1, -0.05) is 6.07 Å². The van der Waals surface area contributed by atoms with E-state index in [9.17, 15) is 23.6 Å². The number of aromatic nitrogens is 1. The monoisotopic (exact) mass is 547 g/mol. The third kappa shape index (κ3) is 4.84. The van der Waals surface area contributed by atoms with E-state index in [4.69, 9.17) is 4.98 Å². The predicted molar refractivity (Wildman–Crippen MR) is 145 cm³/mol. The van der Waals surface area contributed by atoms with Crippen LogP contribution < -0.4 is 10.2 Å². The lowest BCUT2D eigenvalue weighted by molar-refractivity contribution is -0.136. The molecule has 4 aliphatic rings. The zero-order chi connectivity index (χ0) is 28.0. The Hall–Kier alpha value is -3.82. The first kappa shape index (κ1) is 26.4. The number of nitrogens with zero attached hydrogens (tertiary/aromatic N) is 4. The number of nitrogens with one attached hydrogen (secondary N) is 1. The van der Waals surface area contributed by atoms with Gasteiger partial charge in [0.2, 0.25) is 11.8 Å². The molecule has 4 aliphatic heterocycles. The molecular formula is C30H34FN5O4. The first-order valence-corrected chi connectivity index (χ1v) is 14.2. The summed E-state index contributed by atoms with van der Waals surface area (Å²) in [5.74, 6) is 0.647. The molecule has 0 saturated carbocycles. The molecule has 10 heteroatoms. The highest BCUT2D eigenvalue weighted by atomic mass is 19.1. The van der Waals surface area contributed by atoms with Gasteiger partial charge in [0.05, 0.1) is 17.8 Å². The smallest absolute Gasteiger partial charge is 0.256 e. The van der Waals surface area contributed by atoms with Crippen LogP contribution in [0, 0.1) is 24.6 Å². The van der Waals surface area contributed by atoms with Crippen LogP contribution in [-0.4, -0.2) is 70.6 Å². The standard InChI is InChI=1S/C30H34FN5O4/c1-18-21(3-2-4-23(18)31)29(39)35-15-11-20(12-16-35)19-9-13-34(14-10-19)26-7-5-22-24(32-26)17-36(30(22)40)25-6-8-27(37)33-28(25)38/h2-5,7,19-20,25H,6,8-17H2,1H3,(H,33,37,38). The maximum absolute atomic E-state index is 13.9. The molecule has 0 radical (unpaired) electrons. The Morgan fingerprint density at radius 1 is 0.950 bits per heavy atom. The van der Waals surface area contributed by atoms with Crippen LogP contribution in [0.4, 0.5) is 10.2 Å². The molecular weight excluding hydrogens is 513 g/mol. The lowest BCUT2D eigenvalue weighted by Crippen LogP contribution is -2.52. The van der Waals surface area contributed by atoms with Crippen LogP contribution in [0.1, 0.15) is 70.5 Å². The summed E-state index contributed by atoms with van der Waals surface area (Å²) in [7, 11) is 0.